The molecular formula is C11H20N2O4. The van der Waals surface area contributed by atoms with Gasteiger partial charge in [0.2, 0.25) is 11.8 Å². The number of carbonyl (C=O) groups is 3. The number of carbonyl (C=O) groups excluding carboxylic acids is 2. The summed E-state index contributed by atoms with van der Waals surface area (Å²) in [6, 6.07) is -0.652. The predicted molar refractivity (Wildman–Crippen MR) is 62.3 cm³/mol. The Morgan fingerprint density at radius 3 is 1.88 bits per heavy atom. The number of nitrogens with zero attached hydrogens (tertiary/aromatic N) is 1. The van der Waals surface area contributed by atoms with Gasteiger partial charge in [-0.15, -0.1) is 0 Å². The molecule has 0 aliphatic heterocycles. The Hall–Kier alpha value is -1.59. The van der Waals surface area contributed by atoms with Crippen LogP contribution < -0.4 is 5.32 Å². The van der Waals surface area contributed by atoms with Gasteiger partial charge in [0.05, 0.1) is 5.92 Å². The van der Waals surface area contributed by atoms with Crippen molar-refractivity contribution in [1.82, 2.24) is 10.2 Å². The minimum absolute atomic E-state index is 0.228. The highest BCUT2D eigenvalue weighted by molar-refractivity contribution is 5.89. The molecule has 0 aliphatic carbocycles. The summed E-state index contributed by atoms with van der Waals surface area (Å²) in [4.78, 5) is 35.3. The summed E-state index contributed by atoms with van der Waals surface area (Å²) >= 11 is 0. The van der Waals surface area contributed by atoms with Gasteiger partial charge in [0.1, 0.15) is 6.04 Å². The minimum Gasteiger partial charge on any atom is -0.481 e. The summed E-state index contributed by atoms with van der Waals surface area (Å²) in [5.41, 5.74) is 0. The molecule has 0 fully saturated rings. The van der Waals surface area contributed by atoms with Gasteiger partial charge in [-0.05, 0) is 6.92 Å². The minimum atomic E-state index is -1.03. The fourth-order valence-corrected chi connectivity index (χ4v) is 1.23. The number of likely N-dealkylation sites (N-methyl/N-ethyl adjacent to an activating group) is 1. The Morgan fingerprint density at radius 1 is 1.06 bits per heavy atom. The van der Waals surface area contributed by atoms with E-state index >= 15 is 0 Å². The molecule has 3 unspecified atom stereocenters. The van der Waals surface area contributed by atoms with Gasteiger partial charge >= 0.3 is 5.97 Å². The molecule has 6 heteroatoms. The number of hydrogen-bond acceptors (Lipinski definition) is 3. The Morgan fingerprint density at radius 2 is 1.53 bits per heavy atom. The van der Waals surface area contributed by atoms with E-state index in [-0.39, 0.29) is 5.91 Å². The smallest absolute Gasteiger partial charge is 0.307 e. The molecule has 0 saturated carbocycles. The van der Waals surface area contributed by atoms with Gasteiger partial charge in [-0.1, -0.05) is 13.8 Å². The molecule has 6 nitrogen and oxygen atoms in total. The van der Waals surface area contributed by atoms with E-state index in [1.165, 1.54) is 18.7 Å². The van der Waals surface area contributed by atoms with Crippen LogP contribution in [0.3, 0.4) is 0 Å². The number of carboxylic acids is 1. The van der Waals surface area contributed by atoms with Crippen molar-refractivity contribution in [2.75, 3.05) is 14.1 Å². The van der Waals surface area contributed by atoms with Crippen LogP contribution in [0.5, 0.6) is 0 Å². The monoisotopic (exact) mass is 244 g/mol. The van der Waals surface area contributed by atoms with Crippen molar-refractivity contribution in [3.8, 4) is 0 Å². The lowest BCUT2D eigenvalue weighted by molar-refractivity contribution is -0.146. The van der Waals surface area contributed by atoms with E-state index in [9.17, 15) is 14.4 Å². The number of hydrogen-bond donors (Lipinski definition) is 2. The first-order chi connectivity index (χ1) is 7.68. The highest BCUT2D eigenvalue weighted by Gasteiger charge is 2.28. The highest BCUT2D eigenvalue weighted by atomic mass is 16.4. The molecule has 0 saturated heterocycles. The molecule has 0 aromatic carbocycles. The second-order valence-electron chi connectivity index (χ2n) is 4.38. The first-order valence-corrected chi connectivity index (χ1v) is 5.42. The maximum atomic E-state index is 11.7. The molecule has 0 aliphatic rings. The zero-order chi connectivity index (χ0) is 13.7. The van der Waals surface area contributed by atoms with Crippen LogP contribution >= 0.6 is 0 Å². The average Bonchev–Trinajstić information content (AvgIpc) is 2.25. The summed E-state index contributed by atoms with van der Waals surface area (Å²) in [6.07, 6.45) is 0. The molecule has 0 heterocycles. The van der Waals surface area contributed by atoms with Crippen LogP contribution in [0.25, 0.3) is 0 Å². The molecule has 0 spiro atoms. The van der Waals surface area contributed by atoms with Crippen LogP contribution in [0.4, 0.5) is 0 Å². The molecule has 0 aromatic heterocycles. The molecule has 98 valence electrons. The van der Waals surface area contributed by atoms with E-state index in [0.717, 1.165) is 0 Å². The first-order valence-electron chi connectivity index (χ1n) is 5.42. The molecule has 3 atom stereocenters. The van der Waals surface area contributed by atoms with Crippen molar-refractivity contribution < 1.29 is 19.5 Å². The third kappa shape index (κ3) is 4.42. The first kappa shape index (κ1) is 15.4. The molecule has 2 N–H and O–H groups in total. The van der Waals surface area contributed by atoms with Gasteiger partial charge in [0.25, 0.3) is 0 Å². The van der Waals surface area contributed by atoms with Crippen LogP contribution in [0, 0.1) is 11.8 Å². The number of amides is 2. The van der Waals surface area contributed by atoms with Gasteiger partial charge in [0.15, 0.2) is 0 Å². The standard InChI is InChI=1S/C11H20N2O4/c1-6(7(2)11(16)17)9(14)12-8(3)10(15)13(4)5/h6-8H,1-5H3,(H,12,14)(H,16,17). The maximum Gasteiger partial charge on any atom is 0.307 e. The van der Waals surface area contributed by atoms with Crippen molar-refractivity contribution in [2.24, 2.45) is 11.8 Å². The van der Waals surface area contributed by atoms with Gasteiger partial charge in [0, 0.05) is 20.0 Å². The van der Waals surface area contributed by atoms with Crippen LogP contribution in [0.1, 0.15) is 20.8 Å². The van der Waals surface area contributed by atoms with E-state index < -0.39 is 29.8 Å². The zero-order valence-electron chi connectivity index (χ0n) is 10.9. The van der Waals surface area contributed by atoms with E-state index in [0.29, 0.717) is 0 Å². The summed E-state index contributed by atoms with van der Waals surface area (Å²) in [7, 11) is 3.18. The van der Waals surface area contributed by atoms with Crippen molar-refractivity contribution in [2.45, 2.75) is 26.8 Å². The summed E-state index contributed by atoms with van der Waals surface area (Å²) in [5.74, 6) is -3.14. The van der Waals surface area contributed by atoms with E-state index in [1.807, 2.05) is 0 Å². The van der Waals surface area contributed by atoms with Crippen molar-refractivity contribution in [1.29, 1.82) is 0 Å². The summed E-state index contributed by atoms with van der Waals surface area (Å²) < 4.78 is 0. The Balaban J connectivity index is 4.45. The molecular weight excluding hydrogens is 224 g/mol. The Bertz CT molecular complexity index is 315. The molecule has 0 rings (SSSR count). The largest absolute Gasteiger partial charge is 0.481 e. The Kier molecular flexibility index (Phi) is 5.64. The Labute approximate surface area is 101 Å². The van der Waals surface area contributed by atoms with E-state index in [2.05, 4.69) is 5.32 Å². The van der Waals surface area contributed by atoms with Crippen molar-refractivity contribution >= 4 is 17.8 Å². The lowest BCUT2D eigenvalue weighted by Crippen LogP contribution is -2.47. The van der Waals surface area contributed by atoms with Crippen molar-refractivity contribution in [3.63, 3.8) is 0 Å². The maximum absolute atomic E-state index is 11.7. The number of carboxylic acid groups (broad SMARTS) is 1. The second kappa shape index (κ2) is 6.22. The molecule has 17 heavy (non-hydrogen) atoms. The SMILES string of the molecule is CC(NC(=O)C(C)C(C)C(=O)O)C(=O)N(C)C. The summed E-state index contributed by atoms with van der Waals surface area (Å²) in [6.45, 7) is 4.56. The average molecular weight is 244 g/mol. The molecule has 0 radical (unpaired) electrons. The molecule has 0 bridgehead atoms. The van der Waals surface area contributed by atoms with Crippen LogP contribution in [-0.4, -0.2) is 47.9 Å². The van der Waals surface area contributed by atoms with E-state index in [4.69, 9.17) is 5.11 Å². The summed E-state index contributed by atoms with van der Waals surface area (Å²) in [5, 5.41) is 11.3. The quantitative estimate of drug-likeness (QED) is 0.709. The molecule has 2 amide bonds. The van der Waals surface area contributed by atoms with Gasteiger partial charge in [-0.25, -0.2) is 0 Å². The van der Waals surface area contributed by atoms with Gasteiger partial charge in [-0.2, -0.15) is 0 Å². The fraction of sp³-hybridized carbons (Fsp3) is 0.727. The topological polar surface area (TPSA) is 86.7 Å². The fourth-order valence-electron chi connectivity index (χ4n) is 1.23. The highest BCUT2D eigenvalue weighted by Crippen LogP contribution is 2.11. The zero-order valence-corrected chi connectivity index (χ0v) is 10.9. The predicted octanol–water partition coefficient (Wildman–Crippen LogP) is -0.0639. The molecule has 0 aromatic rings. The van der Waals surface area contributed by atoms with Gasteiger partial charge in [-0.3, -0.25) is 14.4 Å². The van der Waals surface area contributed by atoms with Crippen LogP contribution in [0.15, 0.2) is 0 Å². The number of nitrogens with one attached hydrogen (secondary N) is 1. The van der Waals surface area contributed by atoms with Crippen LogP contribution in [0.2, 0.25) is 0 Å². The lowest BCUT2D eigenvalue weighted by atomic mass is 9.95. The van der Waals surface area contributed by atoms with E-state index in [1.54, 1.807) is 21.0 Å². The number of aliphatic carboxylic acids is 1. The van der Waals surface area contributed by atoms with Crippen molar-refractivity contribution in [3.05, 3.63) is 0 Å². The second-order valence-corrected chi connectivity index (χ2v) is 4.38. The van der Waals surface area contributed by atoms with Gasteiger partial charge < -0.3 is 15.3 Å². The van der Waals surface area contributed by atoms with Crippen LogP contribution in [-0.2, 0) is 14.4 Å². The third-order valence-corrected chi connectivity index (χ3v) is 2.72. The number of rotatable bonds is 5. The normalized spacial score (nSPS) is 15.6. The third-order valence-electron chi connectivity index (χ3n) is 2.72. The lowest BCUT2D eigenvalue weighted by Gasteiger charge is -2.21.